The lowest BCUT2D eigenvalue weighted by Crippen LogP contribution is -2.09. The summed E-state index contributed by atoms with van der Waals surface area (Å²) in [5.41, 5.74) is 7.44. The Labute approximate surface area is 112 Å². The summed E-state index contributed by atoms with van der Waals surface area (Å²) in [6.07, 6.45) is 4.55. The number of hydrogen-bond acceptors (Lipinski definition) is 5. The Balaban J connectivity index is 2.08. The van der Waals surface area contributed by atoms with E-state index in [1.165, 1.54) is 0 Å². The molecule has 0 bridgehead atoms. The van der Waals surface area contributed by atoms with Crippen molar-refractivity contribution in [2.75, 3.05) is 17.7 Å². The highest BCUT2D eigenvalue weighted by molar-refractivity contribution is 5.54. The van der Waals surface area contributed by atoms with Gasteiger partial charge < -0.3 is 15.8 Å². The number of nitrogens with zero attached hydrogens (tertiary/aromatic N) is 2. The zero-order valence-corrected chi connectivity index (χ0v) is 11.2. The van der Waals surface area contributed by atoms with Crippen molar-refractivity contribution in [1.82, 2.24) is 15.2 Å². The van der Waals surface area contributed by atoms with Crippen LogP contribution in [0.5, 0.6) is 5.88 Å². The van der Waals surface area contributed by atoms with E-state index in [1.54, 1.807) is 12.3 Å². The molecule has 2 rings (SSSR count). The van der Waals surface area contributed by atoms with E-state index in [1.807, 2.05) is 26.1 Å². The maximum Gasteiger partial charge on any atom is 0.239 e. The number of nitrogens with one attached hydrogen (secondary N) is 2. The van der Waals surface area contributed by atoms with Crippen molar-refractivity contribution in [3.05, 3.63) is 30.1 Å². The van der Waals surface area contributed by atoms with Crippen molar-refractivity contribution in [2.45, 2.75) is 26.3 Å². The summed E-state index contributed by atoms with van der Waals surface area (Å²) in [7, 11) is 0. The molecule has 6 nitrogen and oxygen atoms in total. The van der Waals surface area contributed by atoms with Gasteiger partial charge in [-0.15, -0.1) is 0 Å². The first-order valence-corrected chi connectivity index (χ1v) is 6.35. The average molecular weight is 261 g/mol. The van der Waals surface area contributed by atoms with Crippen LogP contribution in [0.4, 0.5) is 11.5 Å². The van der Waals surface area contributed by atoms with Crippen molar-refractivity contribution in [2.24, 2.45) is 0 Å². The minimum Gasteiger partial charge on any atom is -0.476 e. The highest BCUT2D eigenvalue weighted by atomic mass is 16.5. The summed E-state index contributed by atoms with van der Waals surface area (Å²) in [6.45, 7) is 4.69. The highest BCUT2D eigenvalue weighted by Crippen LogP contribution is 2.23. The van der Waals surface area contributed by atoms with Crippen molar-refractivity contribution >= 4 is 11.5 Å². The van der Waals surface area contributed by atoms with Gasteiger partial charge in [-0.25, -0.2) is 0 Å². The summed E-state index contributed by atoms with van der Waals surface area (Å²) in [5, 5.41) is 10.00. The molecule has 0 aliphatic carbocycles. The molecule has 4 N–H and O–H groups in total. The summed E-state index contributed by atoms with van der Waals surface area (Å²) >= 11 is 0. The van der Waals surface area contributed by atoms with E-state index in [2.05, 4.69) is 20.5 Å². The van der Waals surface area contributed by atoms with Crippen LogP contribution in [0.25, 0.3) is 0 Å². The Morgan fingerprint density at radius 3 is 3.00 bits per heavy atom. The first-order valence-electron chi connectivity index (χ1n) is 6.35. The lowest BCUT2D eigenvalue weighted by Gasteiger charge is -2.14. The molecule has 1 atom stereocenters. The van der Waals surface area contributed by atoms with E-state index in [4.69, 9.17) is 10.5 Å². The van der Waals surface area contributed by atoms with E-state index < -0.39 is 0 Å². The van der Waals surface area contributed by atoms with Crippen LogP contribution in [0.15, 0.2) is 24.5 Å². The van der Waals surface area contributed by atoms with Gasteiger partial charge in [0.1, 0.15) is 5.82 Å². The number of nitrogens with two attached hydrogens (primary N) is 1. The standard InChI is InChI=1S/C13H19N5O/c1-3-6-19-13-11(14)4-5-12(18-13)17-9(2)10-7-15-16-8-10/h4-5,7-9H,3,6,14H2,1-2H3,(H,15,16)(H,17,18). The molecule has 0 saturated heterocycles. The molecule has 0 amide bonds. The Hall–Kier alpha value is -2.24. The fourth-order valence-electron chi connectivity index (χ4n) is 1.65. The van der Waals surface area contributed by atoms with Crippen LogP contribution in [0.2, 0.25) is 0 Å². The molecule has 0 aliphatic heterocycles. The Morgan fingerprint density at radius 2 is 2.32 bits per heavy atom. The zero-order valence-electron chi connectivity index (χ0n) is 11.2. The third-order valence-corrected chi connectivity index (χ3v) is 2.72. The third kappa shape index (κ3) is 3.37. The van der Waals surface area contributed by atoms with E-state index in [0.717, 1.165) is 17.8 Å². The number of nitrogen functional groups attached to an aromatic ring is 1. The molecule has 2 aromatic rings. The predicted octanol–water partition coefficient (Wildman–Crippen LogP) is 2.35. The van der Waals surface area contributed by atoms with Gasteiger partial charge in [-0.1, -0.05) is 6.92 Å². The second-order valence-electron chi connectivity index (χ2n) is 4.34. The highest BCUT2D eigenvalue weighted by Gasteiger charge is 2.09. The van der Waals surface area contributed by atoms with Gasteiger partial charge in [0.25, 0.3) is 0 Å². The second kappa shape index (κ2) is 6.08. The summed E-state index contributed by atoms with van der Waals surface area (Å²) in [4.78, 5) is 4.37. The number of H-pyrrole nitrogens is 1. The van der Waals surface area contributed by atoms with Gasteiger partial charge in [-0.3, -0.25) is 5.10 Å². The fraction of sp³-hybridized carbons (Fsp3) is 0.385. The molecule has 0 saturated carbocycles. The molecule has 0 aliphatic rings. The van der Waals surface area contributed by atoms with Crippen LogP contribution < -0.4 is 15.8 Å². The maximum atomic E-state index is 5.83. The molecule has 2 heterocycles. The monoisotopic (exact) mass is 261 g/mol. The average Bonchev–Trinajstić information content (AvgIpc) is 2.93. The van der Waals surface area contributed by atoms with E-state index in [-0.39, 0.29) is 6.04 Å². The maximum absolute atomic E-state index is 5.83. The summed E-state index contributed by atoms with van der Waals surface area (Å²) < 4.78 is 5.50. The molecule has 1 unspecified atom stereocenters. The van der Waals surface area contributed by atoms with Gasteiger partial charge in [-0.05, 0) is 25.5 Å². The molecular formula is C13H19N5O. The Bertz CT molecular complexity index is 512. The van der Waals surface area contributed by atoms with Gasteiger partial charge in [0.2, 0.25) is 5.88 Å². The van der Waals surface area contributed by atoms with Crippen molar-refractivity contribution in [1.29, 1.82) is 0 Å². The summed E-state index contributed by atoms with van der Waals surface area (Å²) in [6, 6.07) is 3.74. The van der Waals surface area contributed by atoms with Crippen LogP contribution in [0, 0.1) is 0 Å². The molecule has 2 aromatic heterocycles. The molecule has 0 fully saturated rings. The van der Waals surface area contributed by atoms with Gasteiger partial charge >= 0.3 is 0 Å². The predicted molar refractivity (Wildman–Crippen MR) is 75.1 cm³/mol. The van der Waals surface area contributed by atoms with Crippen LogP contribution in [-0.4, -0.2) is 21.8 Å². The molecule has 0 spiro atoms. The number of aromatic amines is 1. The minimum atomic E-state index is 0.105. The number of anilines is 2. The van der Waals surface area contributed by atoms with Crippen LogP contribution >= 0.6 is 0 Å². The normalized spacial score (nSPS) is 12.1. The number of ether oxygens (including phenoxy) is 1. The first-order chi connectivity index (χ1) is 9.20. The Morgan fingerprint density at radius 1 is 1.47 bits per heavy atom. The number of rotatable bonds is 6. The van der Waals surface area contributed by atoms with Gasteiger partial charge in [0.05, 0.1) is 24.5 Å². The number of aromatic nitrogens is 3. The molecule has 6 heteroatoms. The second-order valence-corrected chi connectivity index (χ2v) is 4.34. The van der Waals surface area contributed by atoms with E-state index in [9.17, 15) is 0 Å². The van der Waals surface area contributed by atoms with Crippen molar-refractivity contribution in [3.63, 3.8) is 0 Å². The third-order valence-electron chi connectivity index (χ3n) is 2.72. The smallest absolute Gasteiger partial charge is 0.239 e. The fourth-order valence-corrected chi connectivity index (χ4v) is 1.65. The summed E-state index contributed by atoms with van der Waals surface area (Å²) in [5.74, 6) is 1.21. The van der Waals surface area contributed by atoms with Crippen LogP contribution in [0.1, 0.15) is 31.9 Å². The van der Waals surface area contributed by atoms with Gasteiger partial charge in [0.15, 0.2) is 0 Å². The first kappa shape index (κ1) is 13.2. The molecule has 0 aromatic carbocycles. The minimum absolute atomic E-state index is 0.105. The lowest BCUT2D eigenvalue weighted by atomic mass is 10.2. The van der Waals surface area contributed by atoms with E-state index in [0.29, 0.717) is 18.2 Å². The molecular weight excluding hydrogens is 242 g/mol. The van der Waals surface area contributed by atoms with E-state index >= 15 is 0 Å². The van der Waals surface area contributed by atoms with Crippen molar-refractivity contribution in [3.8, 4) is 5.88 Å². The van der Waals surface area contributed by atoms with Gasteiger partial charge in [0, 0.05) is 11.8 Å². The molecule has 102 valence electrons. The SMILES string of the molecule is CCCOc1nc(NC(C)c2cn[nH]c2)ccc1N. The van der Waals surface area contributed by atoms with Crippen LogP contribution in [0.3, 0.4) is 0 Å². The zero-order chi connectivity index (χ0) is 13.7. The van der Waals surface area contributed by atoms with Gasteiger partial charge in [-0.2, -0.15) is 10.1 Å². The van der Waals surface area contributed by atoms with Crippen molar-refractivity contribution < 1.29 is 4.74 Å². The quantitative estimate of drug-likeness (QED) is 0.742. The lowest BCUT2D eigenvalue weighted by molar-refractivity contribution is 0.307. The molecule has 0 radical (unpaired) electrons. The largest absolute Gasteiger partial charge is 0.476 e. The topological polar surface area (TPSA) is 88.8 Å². The molecule has 19 heavy (non-hydrogen) atoms. The Kier molecular flexibility index (Phi) is 4.22. The number of hydrogen-bond donors (Lipinski definition) is 3. The number of pyridine rings is 1. The van der Waals surface area contributed by atoms with Crippen LogP contribution in [-0.2, 0) is 0 Å².